The van der Waals surface area contributed by atoms with Gasteiger partial charge in [0.05, 0.1) is 5.69 Å². The zero-order chi connectivity index (χ0) is 16.2. The third-order valence-electron chi connectivity index (χ3n) is 4.06. The molecule has 0 saturated carbocycles. The summed E-state index contributed by atoms with van der Waals surface area (Å²) in [7, 11) is 0. The highest BCUT2D eigenvalue weighted by Gasteiger charge is 2.24. The number of amides is 1. The summed E-state index contributed by atoms with van der Waals surface area (Å²) in [5, 5.41) is 3.08. The average molecular weight is 314 g/mol. The Kier molecular flexibility index (Phi) is 4.50. The molecule has 120 valence electrons. The standard InChI is InChI=1S/C17H19FN4O/c1-12(23)22-10-2-3-13(11-22)16-8-9-19-17(21-16)20-15-6-4-14(18)5-7-15/h4-9,13H,2-3,10-11H2,1H3,(H,19,20,21). The lowest BCUT2D eigenvalue weighted by atomic mass is 9.94. The minimum absolute atomic E-state index is 0.105. The Labute approximate surface area is 134 Å². The summed E-state index contributed by atoms with van der Waals surface area (Å²) >= 11 is 0. The number of nitrogens with one attached hydrogen (secondary N) is 1. The highest BCUT2D eigenvalue weighted by molar-refractivity contribution is 5.73. The van der Waals surface area contributed by atoms with E-state index >= 15 is 0 Å². The van der Waals surface area contributed by atoms with E-state index < -0.39 is 0 Å². The second-order valence-electron chi connectivity index (χ2n) is 5.74. The van der Waals surface area contributed by atoms with Gasteiger partial charge in [0.2, 0.25) is 11.9 Å². The number of hydrogen-bond donors (Lipinski definition) is 1. The van der Waals surface area contributed by atoms with Crippen molar-refractivity contribution in [2.45, 2.75) is 25.7 Å². The van der Waals surface area contributed by atoms with Crippen molar-refractivity contribution in [2.75, 3.05) is 18.4 Å². The van der Waals surface area contributed by atoms with Gasteiger partial charge in [-0.1, -0.05) is 0 Å². The molecule has 2 aromatic rings. The lowest BCUT2D eigenvalue weighted by molar-refractivity contribution is -0.130. The van der Waals surface area contributed by atoms with Crippen molar-refractivity contribution < 1.29 is 9.18 Å². The van der Waals surface area contributed by atoms with E-state index in [0.29, 0.717) is 12.5 Å². The highest BCUT2D eigenvalue weighted by Crippen LogP contribution is 2.26. The van der Waals surface area contributed by atoms with E-state index in [9.17, 15) is 9.18 Å². The Bertz CT molecular complexity index is 689. The number of piperidine rings is 1. The van der Waals surface area contributed by atoms with Gasteiger partial charge in [-0.2, -0.15) is 0 Å². The van der Waals surface area contributed by atoms with E-state index in [0.717, 1.165) is 30.8 Å². The van der Waals surface area contributed by atoms with Crippen LogP contribution in [0.4, 0.5) is 16.0 Å². The molecule has 1 aliphatic rings. The summed E-state index contributed by atoms with van der Waals surface area (Å²) in [6, 6.07) is 7.95. The van der Waals surface area contributed by atoms with Crippen LogP contribution in [0.15, 0.2) is 36.5 Å². The van der Waals surface area contributed by atoms with Gasteiger partial charge in [0.1, 0.15) is 5.82 Å². The van der Waals surface area contributed by atoms with Gasteiger partial charge >= 0.3 is 0 Å². The average Bonchev–Trinajstić information content (AvgIpc) is 2.57. The van der Waals surface area contributed by atoms with Crippen molar-refractivity contribution in [3.8, 4) is 0 Å². The number of benzene rings is 1. The molecule has 1 aliphatic heterocycles. The summed E-state index contributed by atoms with van der Waals surface area (Å²) < 4.78 is 12.9. The molecule has 1 amide bonds. The van der Waals surface area contributed by atoms with Crippen LogP contribution in [0.3, 0.4) is 0 Å². The Morgan fingerprint density at radius 3 is 2.83 bits per heavy atom. The first-order valence-corrected chi connectivity index (χ1v) is 7.73. The number of nitrogens with zero attached hydrogens (tertiary/aromatic N) is 3. The highest BCUT2D eigenvalue weighted by atomic mass is 19.1. The van der Waals surface area contributed by atoms with Crippen LogP contribution in [0, 0.1) is 5.82 Å². The Morgan fingerprint density at radius 2 is 2.09 bits per heavy atom. The molecular formula is C17H19FN4O. The Balaban J connectivity index is 1.74. The molecule has 1 aromatic heterocycles. The molecular weight excluding hydrogens is 295 g/mol. The third kappa shape index (κ3) is 3.83. The number of rotatable bonds is 3. The van der Waals surface area contributed by atoms with Gasteiger partial charge in [0, 0.05) is 37.8 Å². The third-order valence-corrected chi connectivity index (χ3v) is 4.06. The predicted molar refractivity (Wildman–Crippen MR) is 85.9 cm³/mol. The molecule has 1 atom stereocenters. The molecule has 5 nitrogen and oxygen atoms in total. The summed E-state index contributed by atoms with van der Waals surface area (Å²) in [4.78, 5) is 22.2. The van der Waals surface area contributed by atoms with Crippen LogP contribution in [-0.4, -0.2) is 33.9 Å². The van der Waals surface area contributed by atoms with Gasteiger partial charge in [-0.15, -0.1) is 0 Å². The van der Waals surface area contributed by atoms with Crippen molar-refractivity contribution in [3.05, 3.63) is 48.0 Å². The number of carbonyl (C=O) groups excluding carboxylic acids is 1. The van der Waals surface area contributed by atoms with E-state index in [1.165, 1.54) is 12.1 Å². The molecule has 23 heavy (non-hydrogen) atoms. The number of aromatic nitrogens is 2. The molecule has 1 N–H and O–H groups in total. The zero-order valence-electron chi connectivity index (χ0n) is 13.0. The summed E-state index contributed by atoms with van der Waals surface area (Å²) in [5.74, 6) is 0.531. The monoisotopic (exact) mass is 314 g/mol. The molecule has 0 spiro atoms. The van der Waals surface area contributed by atoms with Gasteiger partial charge in [0.15, 0.2) is 0 Å². The maximum atomic E-state index is 12.9. The topological polar surface area (TPSA) is 58.1 Å². The maximum Gasteiger partial charge on any atom is 0.227 e. The van der Waals surface area contributed by atoms with Crippen molar-refractivity contribution in [1.82, 2.24) is 14.9 Å². The van der Waals surface area contributed by atoms with Crippen LogP contribution in [0.2, 0.25) is 0 Å². The minimum atomic E-state index is -0.281. The van der Waals surface area contributed by atoms with Crippen LogP contribution in [0.5, 0.6) is 0 Å². The number of anilines is 2. The van der Waals surface area contributed by atoms with Gasteiger partial charge in [-0.05, 0) is 43.2 Å². The lowest BCUT2D eigenvalue weighted by Gasteiger charge is -2.31. The second kappa shape index (κ2) is 6.73. The normalized spacial score (nSPS) is 17.8. The van der Waals surface area contributed by atoms with Gasteiger partial charge in [0.25, 0.3) is 0 Å². The van der Waals surface area contributed by atoms with Crippen molar-refractivity contribution in [1.29, 1.82) is 0 Å². The quantitative estimate of drug-likeness (QED) is 0.946. The molecule has 3 rings (SSSR count). The molecule has 0 bridgehead atoms. The van der Waals surface area contributed by atoms with Gasteiger partial charge in [-0.25, -0.2) is 14.4 Å². The molecule has 1 fully saturated rings. The SMILES string of the molecule is CC(=O)N1CCCC(c2ccnc(Nc3ccc(F)cc3)n2)C1. The van der Waals surface area contributed by atoms with Crippen LogP contribution in [-0.2, 0) is 4.79 Å². The number of carbonyl (C=O) groups is 1. The Morgan fingerprint density at radius 1 is 1.30 bits per heavy atom. The molecule has 1 aromatic carbocycles. The molecule has 1 saturated heterocycles. The molecule has 1 unspecified atom stereocenters. The first-order valence-electron chi connectivity index (χ1n) is 7.73. The fourth-order valence-corrected chi connectivity index (χ4v) is 2.83. The number of likely N-dealkylation sites (tertiary alicyclic amines) is 1. The molecule has 0 aliphatic carbocycles. The van der Waals surface area contributed by atoms with Crippen molar-refractivity contribution >= 4 is 17.5 Å². The first kappa shape index (κ1) is 15.4. The summed E-state index contributed by atoms with van der Waals surface area (Å²) in [5.41, 5.74) is 1.66. The van der Waals surface area contributed by atoms with E-state index in [-0.39, 0.29) is 17.6 Å². The number of hydrogen-bond acceptors (Lipinski definition) is 4. The lowest BCUT2D eigenvalue weighted by Crippen LogP contribution is -2.37. The van der Waals surface area contributed by atoms with E-state index in [2.05, 4.69) is 15.3 Å². The number of halogens is 1. The van der Waals surface area contributed by atoms with Crippen LogP contribution >= 0.6 is 0 Å². The van der Waals surface area contributed by atoms with E-state index in [1.807, 2.05) is 11.0 Å². The Hall–Kier alpha value is -2.50. The fraction of sp³-hybridized carbons (Fsp3) is 0.353. The zero-order valence-corrected chi connectivity index (χ0v) is 13.0. The minimum Gasteiger partial charge on any atom is -0.342 e. The van der Waals surface area contributed by atoms with Crippen LogP contribution in [0.25, 0.3) is 0 Å². The second-order valence-corrected chi connectivity index (χ2v) is 5.74. The van der Waals surface area contributed by atoms with Crippen LogP contribution in [0.1, 0.15) is 31.4 Å². The van der Waals surface area contributed by atoms with E-state index in [1.54, 1.807) is 25.3 Å². The smallest absolute Gasteiger partial charge is 0.227 e. The van der Waals surface area contributed by atoms with Crippen LogP contribution < -0.4 is 5.32 Å². The van der Waals surface area contributed by atoms with Gasteiger partial charge < -0.3 is 10.2 Å². The van der Waals surface area contributed by atoms with Gasteiger partial charge in [-0.3, -0.25) is 4.79 Å². The first-order chi connectivity index (χ1) is 11.1. The largest absolute Gasteiger partial charge is 0.342 e. The predicted octanol–water partition coefficient (Wildman–Crippen LogP) is 3.09. The van der Waals surface area contributed by atoms with Crippen molar-refractivity contribution in [3.63, 3.8) is 0 Å². The van der Waals surface area contributed by atoms with Crippen molar-refractivity contribution in [2.24, 2.45) is 0 Å². The molecule has 0 radical (unpaired) electrons. The fourth-order valence-electron chi connectivity index (χ4n) is 2.83. The van der Waals surface area contributed by atoms with E-state index in [4.69, 9.17) is 0 Å². The summed E-state index contributed by atoms with van der Waals surface area (Å²) in [6.45, 7) is 3.11. The molecule has 2 heterocycles. The summed E-state index contributed by atoms with van der Waals surface area (Å²) in [6.07, 6.45) is 3.70. The maximum absolute atomic E-state index is 12.9. The molecule has 6 heteroatoms.